The van der Waals surface area contributed by atoms with E-state index in [2.05, 4.69) is 17.4 Å². The molecule has 0 spiro atoms. The second kappa shape index (κ2) is 8.62. The van der Waals surface area contributed by atoms with Gasteiger partial charge in [-0.2, -0.15) is 0 Å². The van der Waals surface area contributed by atoms with Crippen molar-refractivity contribution in [1.82, 2.24) is 5.32 Å². The first-order valence-electron chi connectivity index (χ1n) is 7.82. The van der Waals surface area contributed by atoms with Crippen LogP contribution in [0.5, 0.6) is 0 Å². The molecule has 5 nitrogen and oxygen atoms in total. The van der Waals surface area contributed by atoms with E-state index >= 15 is 0 Å². The predicted molar refractivity (Wildman–Crippen MR) is 94.5 cm³/mol. The maximum Gasteiger partial charge on any atom is 0.276 e. The summed E-state index contributed by atoms with van der Waals surface area (Å²) in [6.45, 7) is 1.94. The highest BCUT2D eigenvalue weighted by atomic mass is 16.6. The first kappa shape index (κ1) is 17.4. The number of carbonyl (C=O) groups excluding carboxylic acids is 1. The number of nitrogens with zero attached hydrogens (tertiary/aromatic N) is 1. The fourth-order valence-corrected chi connectivity index (χ4v) is 2.35. The minimum atomic E-state index is -0.458. The summed E-state index contributed by atoms with van der Waals surface area (Å²) in [5, 5.41) is 13.8. The maximum absolute atomic E-state index is 12.0. The van der Waals surface area contributed by atoms with Crippen LogP contribution in [0.2, 0.25) is 0 Å². The van der Waals surface area contributed by atoms with Gasteiger partial charge in [-0.3, -0.25) is 14.9 Å². The number of hydrogen-bond donors (Lipinski definition) is 1. The van der Waals surface area contributed by atoms with Crippen molar-refractivity contribution in [3.63, 3.8) is 0 Å². The zero-order valence-corrected chi connectivity index (χ0v) is 13.5. The van der Waals surface area contributed by atoms with Gasteiger partial charge in [0.15, 0.2) is 0 Å². The Bertz CT molecular complexity index is 726. The molecule has 0 unspecified atom stereocenters. The number of nitro groups is 1. The molecule has 2 aromatic carbocycles. The van der Waals surface area contributed by atoms with E-state index in [1.807, 2.05) is 25.1 Å². The smallest absolute Gasteiger partial charge is 0.276 e. The van der Waals surface area contributed by atoms with Gasteiger partial charge in [0.1, 0.15) is 0 Å². The Balaban J connectivity index is 1.87. The molecule has 0 bridgehead atoms. The summed E-state index contributed by atoms with van der Waals surface area (Å²) in [7, 11) is 0. The van der Waals surface area contributed by atoms with Crippen molar-refractivity contribution in [3.05, 3.63) is 81.9 Å². The van der Waals surface area contributed by atoms with Crippen molar-refractivity contribution in [3.8, 4) is 0 Å². The molecular formula is C19H20N2O3. The molecule has 5 heteroatoms. The fourth-order valence-electron chi connectivity index (χ4n) is 2.35. The van der Waals surface area contributed by atoms with Gasteiger partial charge in [0.05, 0.1) is 10.5 Å². The number of carbonyl (C=O) groups is 1. The standard InChI is InChI=1S/C19H20N2O3/c1-15(11-12-16-7-3-2-4-8-16)20-19(22)14-13-17-9-5-6-10-18(17)21(23)24/h2-10,13-15H,11-12H2,1H3,(H,20,22)/b14-13+/t15-/m0/s1. The summed E-state index contributed by atoms with van der Waals surface area (Å²) < 4.78 is 0. The number of nitro benzene ring substituents is 1. The molecule has 0 fully saturated rings. The van der Waals surface area contributed by atoms with E-state index in [0.717, 1.165) is 12.8 Å². The number of amides is 1. The average molecular weight is 324 g/mol. The average Bonchev–Trinajstić information content (AvgIpc) is 2.59. The maximum atomic E-state index is 12.0. The summed E-state index contributed by atoms with van der Waals surface area (Å²) >= 11 is 0. The highest BCUT2D eigenvalue weighted by molar-refractivity contribution is 5.92. The Kier molecular flexibility index (Phi) is 6.25. The Hall–Kier alpha value is -2.95. The van der Waals surface area contributed by atoms with E-state index < -0.39 is 4.92 Å². The van der Waals surface area contributed by atoms with Crippen LogP contribution in [-0.2, 0) is 11.2 Å². The number of para-hydroxylation sites is 1. The topological polar surface area (TPSA) is 72.2 Å². The largest absolute Gasteiger partial charge is 0.350 e. The monoisotopic (exact) mass is 324 g/mol. The quantitative estimate of drug-likeness (QED) is 0.479. The van der Waals surface area contributed by atoms with Crippen LogP contribution in [0.15, 0.2) is 60.7 Å². The third-order valence-electron chi connectivity index (χ3n) is 3.65. The van der Waals surface area contributed by atoms with Crippen LogP contribution >= 0.6 is 0 Å². The zero-order chi connectivity index (χ0) is 17.4. The summed E-state index contributed by atoms with van der Waals surface area (Å²) in [6, 6.07) is 16.4. The van der Waals surface area contributed by atoms with E-state index in [1.54, 1.807) is 18.2 Å². The molecule has 0 heterocycles. The van der Waals surface area contributed by atoms with Crippen molar-refractivity contribution < 1.29 is 9.72 Å². The molecule has 0 saturated heterocycles. The highest BCUT2D eigenvalue weighted by Crippen LogP contribution is 2.18. The molecule has 0 aliphatic heterocycles. The van der Waals surface area contributed by atoms with E-state index in [0.29, 0.717) is 5.56 Å². The molecule has 1 atom stereocenters. The van der Waals surface area contributed by atoms with Crippen molar-refractivity contribution in [2.24, 2.45) is 0 Å². The van der Waals surface area contributed by atoms with E-state index in [4.69, 9.17) is 0 Å². The summed E-state index contributed by atoms with van der Waals surface area (Å²) in [5.41, 5.74) is 1.63. The van der Waals surface area contributed by atoms with Gasteiger partial charge in [-0.25, -0.2) is 0 Å². The van der Waals surface area contributed by atoms with Crippen molar-refractivity contribution >= 4 is 17.7 Å². The Morgan fingerprint density at radius 1 is 1.17 bits per heavy atom. The van der Waals surface area contributed by atoms with Gasteiger partial charge in [-0.05, 0) is 37.5 Å². The zero-order valence-electron chi connectivity index (χ0n) is 13.5. The first-order chi connectivity index (χ1) is 11.6. The van der Waals surface area contributed by atoms with Crippen LogP contribution in [0.4, 0.5) is 5.69 Å². The van der Waals surface area contributed by atoms with Crippen LogP contribution in [-0.4, -0.2) is 16.9 Å². The van der Waals surface area contributed by atoms with E-state index in [9.17, 15) is 14.9 Å². The molecule has 1 N–H and O–H groups in total. The normalized spacial score (nSPS) is 12.0. The van der Waals surface area contributed by atoms with Gasteiger partial charge in [-0.1, -0.05) is 42.5 Å². The van der Waals surface area contributed by atoms with Gasteiger partial charge in [-0.15, -0.1) is 0 Å². The molecule has 2 aromatic rings. The molecule has 0 saturated carbocycles. The molecule has 2 rings (SSSR count). The van der Waals surface area contributed by atoms with Crippen LogP contribution in [0.25, 0.3) is 6.08 Å². The fraction of sp³-hybridized carbons (Fsp3) is 0.211. The molecule has 0 radical (unpaired) electrons. The van der Waals surface area contributed by atoms with Gasteiger partial charge >= 0.3 is 0 Å². The molecule has 1 amide bonds. The molecule has 24 heavy (non-hydrogen) atoms. The minimum Gasteiger partial charge on any atom is -0.350 e. The number of rotatable bonds is 7. The van der Waals surface area contributed by atoms with Crippen LogP contribution in [0.3, 0.4) is 0 Å². The SMILES string of the molecule is C[C@@H](CCc1ccccc1)NC(=O)/C=C/c1ccccc1[N+](=O)[O-]. The number of benzene rings is 2. The molecule has 0 aliphatic rings. The van der Waals surface area contributed by atoms with Gasteiger partial charge < -0.3 is 5.32 Å². The molecule has 0 aliphatic carbocycles. The van der Waals surface area contributed by atoms with Crippen molar-refractivity contribution in [2.45, 2.75) is 25.8 Å². The third kappa shape index (κ3) is 5.35. The second-order valence-corrected chi connectivity index (χ2v) is 5.58. The summed E-state index contributed by atoms with van der Waals surface area (Å²) in [4.78, 5) is 22.4. The van der Waals surface area contributed by atoms with Gasteiger partial charge in [0.2, 0.25) is 5.91 Å². The van der Waals surface area contributed by atoms with Crippen LogP contribution in [0.1, 0.15) is 24.5 Å². The van der Waals surface area contributed by atoms with Crippen LogP contribution in [0, 0.1) is 10.1 Å². The van der Waals surface area contributed by atoms with Crippen LogP contribution < -0.4 is 5.32 Å². The Morgan fingerprint density at radius 2 is 1.83 bits per heavy atom. The van der Waals surface area contributed by atoms with Gasteiger partial charge in [0.25, 0.3) is 5.69 Å². The van der Waals surface area contributed by atoms with E-state index in [1.165, 1.54) is 23.8 Å². The highest BCUT2D eigenvalue weighted by Gasteiger charge is 2.10. The number of nitrogens with one attached hydrogen (secondary N) is 1. The molecule has 0 aromatic heterocycles. The lowest BCUT2D eigenvalue weighted by Gasteiger charge is -2.12. The minimum absolute atomic E-state index is 0.0151. The lowest BCUT2D eigenvalue weighted by Crippen LogP contribution is -2.31. The second-order valence-electron chi connectivity index (χ2n) is 5.58. The first-order valence-corrected chi connectivity index (χ1v) is 7.82. The lowest BCUT2D eigenvalue weighted by molar-refractivity contribution is -0.385. The summed E-state index contributed by atoms with van der Waals surface area (Å²) in [5.74, 6) is -0.256. The Labute approximate surface area is 141 Å². The number of hydrogen-bond acceptors (Lipinski definition) is 3. The lowest BCUT2D eigenvalue weighted by atomic mass is 10.1. The number of aryl methyl sites for hydroxylation is 1. The van der Waals surface area contributed by atoms with Gasteiger partial charge in [0, 0.05) is 18.2 Å². The summed E-state index contributed by atoms with van der Waals surface area (Å²) in [6.07, 6.45) is 4.52. The van der Waals surface area contributed by atoms with Crippen molar-refractivity contribution in [2.75, 3.05) is 0 Å². The molecule has 124 valence electrons. The van der Waals surface area contributed by atoms with E-state index in [-0.39, 0.29) is 17.6 Å². The third-order valence-corrected chi connectivity index (χ3v) is 3.65. The predicted octanol–water partition coefficient (Wildman–Crippen LogP) is 3.75. The molecular weight excluding hydrogens is 304 g/mol. The Morgan fingerprint density at radius 3 is 2.54 bits per heavy atom. The van der Waals surface area contributed by atoms with Crippen molar-refractivity contribution in [1.29, 1.82) is 0 Å².